The van der Waals surface area contributed by atoms with Crippen LogP contribution >= 0.6 is 27.7 Å². The van der Waals surface area contributed by atoms with Gasteiger partial charge in [-0.1, -0.05) is 32.0 Å². The number of aliphatic carboxylic acids is 1. The molecule has 7 heteroatoms. The second kappa shape index (κ2) is 6.79. The number of rotatable bonds is 6. The van der Waals surface area contributed by atoms with Gasteiger partial charge in [0.1, 0.15) is 5.82 Å². The van der Waals surface area contributed by atoms with E-state index in [0.717, 1.165) is 30.2 Å². The Bertz CT molecular complexity index is 675. The summed E-state index contributed by atoms with van der Waals surface area (Å²) in [6.45, 7) is 4.95. The van der Waals surface area contributed by atoms with Crippen LogP contribution in [-0.4, -0.2) is 26.4 Å². The molecule has 0 aliphatic carbocycles. The Hall–Kier alpha value is -1.08. The van der Waals surface area contributed by atoms with E-state index in [2.05, 4.69) is 34.8 Å². The summed E-state index contributed by atoms with van der Waals surface area (Å²) in [7, 11) is 0. The summed E-state index contributed by atoms with van der Waals surface area (Å²) in [4.78, 5) is 15.1. The minimum absolute atomic E-state index is 0.0620. The fourth-order valence-corrected chi connectivity index (χ4v) is 3.03. The Labute approximate surface area is 134 Å². The molecule has 0 aliphatic heterocycles. The lowest BCUT2D eigenvalue weighted by Crippen LogP contribution is -2.09. The van der Waals surface area contributed by atoms with E-state index in [0.29, 0.717) is 21.1 Å². The zero-order valence-corrected chi connectivity index (χ0v) is 14.2. The standard InChI is InChI=1S/C14H16BrFN2O2S/c1-3-8(2)6-18-12-4-9(15)10(16)5-11(12)17-14(18)21-7-13(19)20/h4-5,8H,3,6-7H2,1-2H3,(H,19,20). The summed E-state index contributed by atoms with van der Waals surface area (Å²) < 4.78 is 16.0. The molecule has 4 nitrogen and oxygen atoms in total. The van der Waals surface area contributed by atoms with E-state index in [1.165, 1.54) is 6.07 Å². The molecule has 1 aromatic heterocycles. The molecule has 2 aromatic rings. The molecule has 1 aromatic carbocycles. The number of hydrogen-bond donors (Lipinski definition) is 1. The van der Waals surface area contributed by atoms with Crippen molar-refractivity contribution < 1.29 is 14.3 Å². The van der Waals surface area contributed by atoms with Gasteiger partial charge in [-0.15, -0.1) is 0 Å². The van der Waals surface area contributed by atoms with Crippen molar-refractivity contribution in [3.63, 3.8) is 0 Å². The Morgan fingerprint density at radius 2 is 2.29 bits per heavy atom. The summed E-state index contributed by atoms with van der Waals surface area (Å²) >= 11 is 4.35. The number of benzene rings is 1. The molecular formula is C14H16BrFN2O2S. The highest BCUT2D eigenvalue weighted by molar-refractivity contribution is 9.10. The Kier molecular flexibility index (Phi) is 5.27. The van der Waals surface area contributed by atoms with Crippen LogP contribution in [0.4, 0.5) is 4.39 Å². The van der Waals surface area contributed by atoms with Crippen LogP contribution in [0.5, 0.6) is 0 Å². The maximum Gasteiger partial charge on any atom is 0.313 e. The summed E-state index contributed by atoms with van der Waals surface area (Å²) in [5.74, 6) is -0.900. The predicted molar refractivity (Wildman–Crippen MR) is 85.2 cm³/mol. The van der Waals surface area contributed by atoms with E-state index in [-0.39, 0.29) is 11.6 Å². The Morgan fingerprint density at radius 3 is 2.90 bits per heavy atom. The molecule has 0 aliphatic rings. The quantitative estimate of drug-likeness (QED) is 0.771. The van der Waals surface area contributed by atoms with Gasteiger partial charge >= 0.3 is 5.97 Å². The first-order valence-electron chi connectivity index (χ1n) is 6.62. The summed E-state index contributed by atoms with van der Waals surface area (Å²) in [6, 6.07) is 3.07. The van der Waals surface area contributed by atoms with Crippen molar-refractivity contribution in [3.8, 4) is 0 Å². The van der Waals surface area contributed by atoms with Crippen molar-refractivity contribution in [2.45, 2.75) is 32.0 Å². The third-order valence-corrected chi connectivity index (χ3v) is 4.84. The zero-order valence-electron chi connectivity index (χ0n) is 11.8. The fraction of sp³-hybridized carbons (Fsp3) is 0.429. The van der Waals surface area contributed by atoms with E-state index in [9.17, 15) is 9.18 Å². The third kappa shape index (κ3) is 3.77. The van der Waals surface area contributed by atoms with Crippen molar-refractivity contribution >= 4 is 44.7 Å². The van der Waals surface area contributed by atoms with E-state index < -0.39 is 5.97 Å². The van der Waals surface area contributed by atoms with Crippen molar-refractivity contribution in [1.29, 1.82) is 0 Å². The summed E-state index contributed by atoms with van der Waals surface area (Å²) in [5, 5.41) is 9.45. The minimum Gasteiger partial charge on any atom is -0.481 e. The van der Waals surface area contributed by atoms with Crippen LogP contribution in [0.3, 0.4) is 0 Å². The first kappa shape index (κ1) is 16.3. The van der Waals surface area contributed by atoms with Gasteiger partial charge in [-0.2, -0.15) is 0 Å². The molecular weight excluding hydrogens is 359 g/mol. The molecule has 0 fully saturated rings. The minimum atomic E-state index is -0.894. The van der Waals surface area contributed by atoms with Crippen molar-refractivity contribution in [1.82, 2.24) is 9.55 Å². The van der Waals surface area contributed by atoms with Crippen molar-refractivity contribution in [2.75, 3.05) is 5.75 Å². The third-order valence-electron chi connectivity index (χ3n) is 3.27. The number of carboxylic acids is 1. The van der Waals surface area contributed by atoms with Crippen LogP contribution in [0.2, 0.25) is 0 Å². The molecule has 21 heavy (non-hydrogen) atoms. The number of imidazole rings is 1. The summed E-state index contributed by atoms with van der Waals surface area (Å²) in [6.07, 6.45) is 1.01. The van der Waals surface area contributed by atoms with Gasteiger partial charge in [0.25, 0.3) is 0 Å². The van der Waals surface area contributed by atoms with Crippen LogP contribution in [0.15, 0.2) is 21.8 Å². The lowest BCUT2D eigenvalue weighted by molar-refractivity contribution is -0.133. The van der Waals surface area contributed by atoms with Crippen molar-refractivity contribution in [3.05, 3.63) is 22.4 Å². The van der Waals surface area contributed by atoms with Crippen LogP contribution in [-0.2, 0) is 11.3 Å². The number of fused-ring (bicyclic) bond motifs is 1. The van der Waals surface area contributed by atoms with Crippen LogP contribution in [0.1, 0.15) is 20.3 Å². The fourth-order valence-electron chi connectivity index (χ4n) is 1.95. The molecule has 2 rings (SSSR count). The van der Waals surface area contributed by atoms with Crippen LogP contribution in [0.25, 0.3) is 11.0 Å². The maximum atomic E-state index is 13.6. The second-order valence-corrected chi connectivity index (χ2v) is 6.75. The normalized spacial score (nSPS) is 12.8. The average Bonchev–Trinajstić information content (AvgIpc) is 2.74. The highest BCUT2D eigenvalue weighted by atomic mass is 79.9. The number of nitrogens with zero attached hydrogens (tertiary/aromatic N) is 2. The number of carbonyl (C=O) groups is 1. The number of aromatic nitrogens is 2. The molecule has 1 heterocycles. The molecule has 0 saturated carbocycles. The Balaban J connectivity index is 2.48. The average molecular weight is 375 g/mol. The lowest BCUT2D eigenvalue weighted by Gasteiger charge is -2.13. The molecule has 0 amide bonds. The van der Waals surface area contributed by atoms with Crippen LogP contribution in [0, 0.1) is 11.7 Å². The predicted octanol–water partition coefficient (Wildman–Crippen LogP) is 4.16. The SMILES string of the molecule is CCC(C)Cn1c(SCC(=O)O)nc2cc(F)c(Br)cc21. The molecule has 0 saturated heterocycles. The van der Waals surface area contributed by atoms with Gasteiger partial charge in [-0.3, -0.25) is 4.79 Å². The molecule has 0 bridgehead atoms. The largest absolute Gasteiger partial charge is 0.481 e. The van der Waals surface area contributed by atoms with E-state index in [1.807, 2.05) is 4.57 Å². The van der Waals surface area contributed by atoms with Gasteiger partial charge in [-0.25, -0.2) is 9.37 Å². The van der Waals surface area contributed by atoms with E-state index in [1.54, 1.807) is 6.07 Å². The molecule has 1 N–H and O–H groups in total. The second-order valence-electron chi connectivity index (χ2n) is 4.96. The Morgan fingerprint density at radius 1 is 1.57 bits per heavy atom. The van der Waals surface area contributed by atoms with E-state index in [4.69, 9.17) is 5.11 Å². The number of halogens is 2. The van der Waals surface area contributed by atoms with Crippen molar-refractivity contribution in [2.24, 2.45) is 5.92 Å². The molecule has 114 valence electrons. The monoisotopic (exact) mass is 374 g/mol. The van der Waals surface area contributed by atoms with Gasteiger partial charge in [0.05, 0.1) is 21.3 Å². The number of carboxylic acid groups (broad SMARTS) is 1. The smallest absolute Gasteiger partial charge is 0.313 e. The molecule has 0 radical (unpaired) electrons. The first-order chi connectivity index (χ1) is 9.92. The van der Waals surface area contributed by atoms with Gasteiger partial charge in [0.15, 0.2) is 5.16 Å². The number of hydrogen-bond acceptors (Lipinski definition) is 3. The van der Waals surface area contributed by atoms with Gasteiger partial charge in [-0.05, 0) is 27.9 Å². The maximum absolute atomic E-state index is 13.6. The molecule has 1 unspecified atom stereocenters. The first-order valence-corrected chi connectivity index (χ1v) is 8.40. The van der Waals surface area contributed by atoms with Gasteiger partial charge in [0, 0.05) is 12.6 Å². The van der Waals surface area contributed by atoms with Crippen LogP contribution < -0.4 is 0 Å². The molecule has 1 atom stereocenters. The van der Waals surface area contributed by atoms with E-state index >= 15 is 0 Å². The lowest BCUT2D eigenvalue weighted by atomic mass is 10.1. The highest BCUT2D eigenvalue weighted by Gasteiger charge is 2.16. The molecule has 0 spiro atoms. The topological polar surface area (TPSA) is 55.1 Å². The zero-order chi connectivity index (χ0) is 15.6. The summed E-state index contributed by atoms with van der Waals surface area (Å²) in [5.41, 5.74) is 1.36. The highest BCUT2D eigenvalue weighted by Crippen LogP contribution is 2.29. The number of thioether (sulfide) groups is 1. The van der Waals surface area contributed by atoms with Gasteiger partial charge < -0.3 is 9.67 Å². The van der Waals surface area contributed by atoms with Gasteiger partial charge in [0.2, 0.25) is 0 Å².